The maximum atomic E-state index is 12.2. The number of halogens is 1. The predicted octanol–water partition coefficient (Wildman–Crippen LogP) is 1.72. The van der Waals surface area contributed by atoms with Crippen molar-refractivity contribution in [3.8, 4) is 0 Å². The standard InChI is InChI=1S/C14H22N4O2.ClH/c1-9(10-2-3-10)18-13(6-7-16-18)17-14(19)12-5-4-11(8-15)20-12;/h6-7,9-12H,2-5,8,15H2,1H3,(H,17,19);1H/t9?,11-,12+;/m1./s1. The predicted molar refractivity (Wildman–Crippen MR) is 82.5 cm³/mol. The van der Waals surface area contributed by atoms with E-state index in [1.165, 1.54) is 12.8 Å². The smallest absolute Gasteiger partial charge is 0.254 e. The summed E-state index contributed by atoms with van der Waals surface area (Å²) in [6.45, 7) is 2.62. The van der Waals surface area contributed by atoms with Crippen molar-refractivity contribution in [2.45, 2.75) is 50.9 Å². The van der Waals surface area contributed by atoms with Gasteiger partial charge >= 0.3 is 0 Å². The topological polar surface area (TPSA) is 82.2 Å². The van der Waals surface area contributed by atoms with Gasteiger partial charge < -0.3 is 15.8 Å². The molecule has 0 spiro atoms. The van der Waals surface area contributed by atoms with Crippen LogP contribution in [0.2, 0.25) is 0 Å². The Balaban J connectivity index is 0.00000161. The molecule has 6 nitrogen and oxygen atoms in total. The van der Waals surface area contributed by atoms with Crippen LogP contribution in [-0.2, 0) is 9.53 Å². The number of hydrogen-bond donors (Lipinski definition) is 2. The summed E-state index contributed by atoms with van der Waals surface area (Å²) in [6.07, 6.45) is 5.44. The maximum Gasteiger partial charge on any atom is 0.254 e. The fourth-order valence-electron chi connectivity index (χ4n) is 2.79. The lowest BCUT2D eigenvalue weighted by molar-refractivity contribution is -0.126. The van der Waals surface area contributed by atoms with Gasteiger partial charge in [-0.15, -0.1) is 12.4 Å². The van der Waals surface area contributed by atoms with E-state index in [0.29, 0.717) is 18.5 Å². The molecule has 7 heteroatoms. The van der Waals surface area contributed by atoms with E-state index in [1.807, 2.05) is 10.7 Å². The molecule has 1 saturated carbocycles. The normalized spacial score (nSPS) is 26.2. The third-order valence-corrected chi connectivity index (χ3v) is 4.27. The highest BCUT2D eigenvalue weighted by Gasteiger charge is 2.33. The molecule has 3 rings (SSSR count). The highest BCUT2D eigenvalue weighted by Crippen LogP contribution is 2.40. The monoisotopic (exact) mass is 314 g/mol. The van der Waals surface area contributed by atoms with Gasteiger partial charge in [-0.05, 0) is 38.5 Å². The molecular formula is C14H23ClN4O2. The van der Waals surface area contributed by atoms with E-state index in [1.54, 1.807) is 6.20 Å². The van der Waals surface area contributed by atoms with Crippen LogP contribution >= 0.6 is 12.4 Å². The number of amides is 1. The molecule has 2 fully saturated rings. The molecule has 0 radical (unpaired) electrons. The number of nitrogens with one attached hydrogen (secondary N) is 1. The summed E-state index contributed by atoms with van der Waals surface area (Å²) in [5, 5.41) is 7.27. The van der Waals surface area contributed by atoms with Crippen molar-refractivity contribution in [1.29, 1.82) is 0 Å². The van der Waals surface area contributed by atoms with E-state index in [-0.39, 0.29) is 30.5 Å². The van der Waals surface area contributed by atoms with Gasteiger partial charge in [-0.3, -0.25) is 4.79 Å². The zero-order chi connectivity index (χ0) is 14.1. The Hall–Kier alpha value is -1.11. The van der Waals surface area contributed by atoms with Gasteiger partial charge in [0.1, 0.15) is 11.9 Å². The summed E-state index contributed by atoms with van der Waals surface area (Å²) in [5.74, 6) is 1.36. The molecule has 1 aliphatic heterocycles. The Kier molecular flexibility index (Phi) is 5.24. The first-order valence-corrected chi connectivity index (χ1v) is 7.39. The molecule has 0 bridgehead atoms. The second-order valence-electron chi connectivity index (χ2n) is 5.79. The van der Waals surface area contributed by atoms with Gasteiger partial charge in [0.25, 0.3) is 5.91 Å². The van der Waals surface area contributed by atoms with Crippen molar-refractivity contribution in [1.82, 2.24) is 9.78 Å². The fourth-order valence-corrected chi connectivity index (χ4v) is 2.79. The third kappa shape index (κ3) is 3.56. The minimum atomic E-state index is -0.386. The SMILES string of the molecule is CC(C1CC1)n1nccc1NC(=O)[C@@H]1CC[C@H](CN)O1.Cl. The lowest BCUT2D eigenvalue weighted by Gasteiger charge is -2.17. The van der Waals surface area contributed by atoms with Gasteiger partial charge in [-0.25, -0.2) is 4.68 Å². The molecule has 2 aliphatic rings. The molecule has 1 unspecified atom stereocenters. The third-order valence-electron chi connectivity index (χ3n) is 4.27. The maximum absolute atomic E-state index is 12.2. The summed E-state index contributed by atoms with van der Waals surface area (Å²) < 4.78 is 7.52. The number of ether oxygens (including phenoxy) is 1. The largest absolute Gasteiger partial charge is 0.364 e. The Morgan fingerprint density at radius 2 is 2.29 bits per heavy atom. The first-order valence-electron chi connectivity index (χ1n) is 7.39. The molecule has 21 heavy (non-hydrogen) atoms. The summed E-state index contributed by atoms with van der Waals surface area (Å²) in [4.78, 5) is 12.2. The first kappa shape index (κ1) is 16.3. The van der Waals surface area contributed by atoms with Gasteiger partial charge in [-0.1, -0.05) is 0 Å². The molecular weight excluding hydrogens is 292 g/mol. The van der Waals surface area contributed by atoms with Crippen LogP contribution in [0, 0.1) is 5.92 Å². The first-order chi connectivity index (χ1) is 9.69. The van der Waals surface area contributed by atoms with Crippen LogP contribution in [0.4, 0.5) is 5.82 Å². The van der Waals surface area contributed by atoms with E-state index in [2.05, 4.69) is 17.3 Å². The minimum absolute atomic E-state index is 0. The van der Waals surface area contributed by atoms with Crippen molar-refractivity contribution >= 4 is 24.1 Å². The molecule has 1 aliphatic carbocycles. The van der Waals surface area contributed by atoms with Crippen molar-refractivity contribution in [3.63, 3.8) is 0 Å². The molecule has 1 saturated heterocycles. The zero-order valence-corrected chi connectivity index (χ0v) is 13.0. The average Bonchev–Trinajstić information content (AvgIpc) is 3.01. The van der Waals surface area contributed by atoms with Crippen LogP contribution in [0.5, 0.6) is 0 Å². The van der Waals surface area contributed by atoms with Crippen molar-refractivity contribution < 1.29 is 9.53 Å². The van der Waals surface area contributed by atoms with Gasteiger partial charge in [0.2, 0.25) is 0 Å². The van der Waals surface area contributed by atoms with Crippen LogP contribution in [0.3, 0.4) is 0 Å². The number of anilines is 1. The fraction of sp³-hybridized carbons (Fsp3) is 0.714. The lowest BCUT2D eigenvalue weighted by Crippen LogP contribution is -2.31. The summed E-state index contributed by atoms with van der Waals surface area (Å²) in [5.41, 5.74) is 5.57. The average molecular weight is 315 g/mol. The minimum Gasteiger partial charge on any atom is -0.364 e. The van der Waals surface area contributed by atoms with E-state index < -0.39 is 0 Å². The van der Waals surface area contributed by atoms with Gasteiger partial charge in [0.15, 0.2) is 0 Å². The second kappa shape index (κ2) is 6.77. The number of carbonyl (C=O) groups is 1. The van der Waals surface area contributed by atoms with Crippen LogP contribution in [0.15, 0.2) is 12.3 Å². The number of rotatable bonds is 5. The number of nitrogens with zero attached hydrogens (tertiary/aromatic N) is 2. The Morgan fingerprint density at radius 1 is 1.52 bits per heavy atom. The van der Waals surface area contributed by atoms with Crippen LogP contribution < -0.4 is 11.1 Å². The van der Waals surface area contributed by atoms with Crippen LogP contribution in [0.25, 0.3) is 0 Å². The van der Waals surface area contributed by atoms with Crippen LogP contribution in [0.1, 0.15) is 38.6 Å². The van der Waals surface area contributed by atoms with E-state index in [0.717, 1.165) is 18.7 Å². The molecule has 3 atom stereocenters. The number of nitrogens with two attached hydrogens (primary N) is 1. The molecule has 118 valence electrons. The quantitative estimate of drug-likeness (QED) is 0.867. The molecule has 2 heterocycles. The lowest BCUT2D eigenvalue weighted by atomic mass is 10.2. The van der Waals surface area contributed by atoms with Crippen molar-refractivity contribution in [3.05, 3.63) is 12.3 Å². The van der Waals surface area contributed by atoms with Crippen LogP contribution in [-0.4, -0.2) is 34.4 Å². The summed E-state index contributed by atoms with van der Waals surface area (Å²) in [7, 11) is 0. The molecule has 1 aromatic heterocycles. The molecule has 0 aromatic carbocycles. The van der Waals surface area contributed by atoms with E-state index >= 15 is 0 Å². The van der Waals surface area contributed by atoms with Gasteiger partial charge in [0.05, 0.1) is 18.3 Å². The van der Waals surface area contributed by atoms with E-state index in [4.69, 9.17) is 10.5 Å². The number of carbonyl (C=O) groups excluding carboxylic acids is 1. The summed E-state index contributed by atoms with van der Waals surface area (Å²) >= 11 is 0. The Bertz CT molecular complexity index is 489. The Morgan fingerprint density at radius 3 is 2.90 bits per heavy atom. The number of aromatic nitrogens is 2. The summed E-state index contributed by atoms with van der Waals surface area (Å²) in [6, 6.07) is 2.17. The van der Waals surface area contributed by atoms with Crippen molar-refractivity contribution in [2.24, 2.45) is 11.7 Å². The highest BCUT2D eigenvalue weighted by molar-refractivity contribution is 5.93. The second-order valence-corrected chi connectivity index (χ2v) is 5.79. The number of hydrogen-bond acceptors (Lipinski definition) is 4. The molecule has 3 N–H and O–H groups in total. The Labute approximate surface area is 130 Å². The van der Waals surface area contributed by atoms with Crippen molar-refractivity contribution in [2.75, 3.05) is 11.9 Å². The highest BCUT2D eigenvalue weighted by atomic mass is 35.5. The van der Waals surface area contributed by atoms with E-state index in [9.17, 15) is 4.79 Å². The van der Waals surface area contributed by atoms with Gasteiger partial charge in [-0.2, -0.15) is 5.10 Å². The molecule has 1 amide bonds. The zero-order valence-electron chi connectivity index (χ0n) is 12.2. The molecule has 1 aromatic rings. The van der Waals surface area contributed by atoms with Gasteiger partial charge in [0, 0.05) is 12.6 Å².